The first-order chi connectivity index (χ1) is 5.11. The van der Waals surface area contributed by atoms with Gasteiger partial charge in [0.25, 0.3) is 0 Å². The molecule has 11 heavy (non-hydrogen) atoms. The summed E-state index contributed by atoms with van der Waals surface area (Å²) in [6.45, 7) is 4.34. The molecular weight excluding hydrogens is 134 g/mol. The Morgan fingerprint density at radius 3 is 1.82 bits per heavy atom. The van der Waals surface area contributed by atoms with Crippen molar-refractivity contribution in [3.8, 4) is 0 Å². The van der Waals surface area contributed by atoms with E-state index in [0.717, 1.165) is 5.92 Å². The summed E-state index contributed by atoms with van der Waals surface area (Å²) in [5.74, 6) is 0.769. The van der Waals surface area contributed by atoms with Gasteiger partial charge in [-0.05, 0) is 32.6 Å². The quantitative estimate of drug-likeness (QED) is 0.579. The van der Waals surface area contributed by atoms with E-state index in [4.69, 9.17) is 5.73 Å². The molecule has 66 valence electrons. The molecule has 1 fully saturated rings. The molecule has 1 aliphatic rings. The third-order valence-electron chi connectivity index (χ3n) is 2.91. The highest BCUT2D eigenvalue weighted by molar-refractivity contribution is 4.83. The molecule has 0 unspecified atom stereocenters. The molecule has 0 radical (unpaired) electrons. The summed E-state index contributed by atoms with van der Waals surface area (Å²) in [4.78, 5) is 0. The minimum Gasteiger partial charge on any atom is -0.325 e. The molecule has 0 heterocycles. The standard InChI is InChI=1S/C10H21N/c1-10(2,11)9-7-5-3-4-6-8-9/h9H,3-8,11H2,1-2H3. The van der Waals surface area contributed by atoms with Gasteiger partial charge in [0, 0.05) is 5.54 Å². The lowest BCUT2D eigenvalue weighted by molar-refractivity contribution is 0.288. The van der Waals surface area contributed by atoms with Gasteiger partial charge in [-0.25, -0.2) is 0 Å². The Hall–Kier alpha value is -0.0400. The van der Waals surface area contributed by atoms with Gasteiger partial charge in [-0.2, -0.15) is 0 Å². The van der Waals surface area contributed by atoms with E-state index in [2.05, 4.69) is 13.8 Å². The van der Waals surface area contributed by atoms with Crippen molar-refractivity contribution in [1.82, 2.24) is 0 Å². The number of rotatable bonds is 1. The van der Waals surface area contributed by atoms with Crippen LogP contribution in [0.4, 0.5) is 0 Å². The molecule has 1 rings (SSSR count). The van der Waals surface area contributed by atoms with Crippen molar-refractivity contribution in [2.45, 2.75) is 57.9 Å². The Labute approximate surface area is 70.4 Å². The predicted octanol–water partition coefficient (Wildman–Crippen LogP) is 2.69. The van der Waals surface area contributed by atoms with Crippen LogP contribution in [0.2, 0.25) is 0 Å². The van der Waals surface area contributed by atoms with E-state index in [-0.39, 0.29) is 5.54 Å². The highest BCUT2D eigenvalue weighted by atomic mass is 14.7. The second-order valence-electron chi connectivity index (χ2n) is 4.51. The Morgan fingerprint density at radius 1 is 1.00 bits per heavy atom. The van der Waals surface area contributed by atoms with Crippen LogP contribution in [0, 0.1) is 5.92 Å². The first-order valence-electron chi connectivity index (χ1n) is 4.89. The molecule has 0 aromatic rings. The smallest absolute Gasteiger partial charge is 0.0125 e. The molecule has 0 saturated heterocycles. The van der Waals surface area contributed by atoms with E-state index in [1.165, 1.54) is 38.5 Å². The minimum atomic E-state index is 0.0599. The fourth-order valence-electron chi connectivity index (χ4n) is 2.02. The van der Waals surface area contributed by atoms with E-state index in [1.807, 2.05) is 0 Å². The average molecular weight is 155 g/mol. The van der Waals surface area contributed by atoms with Crippen LogP contribution in [-0.2, 0) is 0 Å². The van der Waals surface area contributed by atoms with E-state index >= 15 is 0 Å². The van der Waals surface area contributed by atoms with Gasteiger partial charge in [-0.1, -0.05) is 25.7 Å². The predicted molar refractivity (Wildman–Crippen MR) is 49.5 cm³/mol. The SMILES string of the molecule is CC(C)(N)C1CCCCCC1. The third-order valence-corrected chi connectivity index (χ3v) is 2.91. The zero-order chi connectivity index (χ0) is 8.32. The van der Waals surface area contributed by atoms with Crippen molar-refractivity contribution in [1.29, 1.82) is 0 Å². The van der Waals surface area contributed by atoms with E-state index in [0.29, 0.717) is 0 Å². The van der Waals surface area contributed by atoms with E-state index in [9.17, 15) is 0 Å². The summed E-state index contributed by atoms with van der Waals surface area (Å²) in [6.07, 6.45) is 8.34. The lowest BCUT2D eigenvalue weighted by Crippen LogP contribution is -2.40. The summed E-state index contributed by atoms with van der Waals surface area (Å²) in [6, 6.07) is 0. The molecule has 0 bridgehead atoms. The Balaban J connectivity index is 2.43. The summed E-state index contributed by atoms with van der Waals surface area (Å²) in [5.41, 5.74) is 6.14. The van der Waals surface area contributed by atoms with Crippen LogP contribution in [-0.4, -0.2) is 5.54 Å². The monoisotopic (exact) mass is 155 g/mol. The molecule has 0 aromatic carbocycles. The molecule has 1 aliphatic carbocycles. The summed E-state index contributed by atoms with van der Waals surface area (Å²) in [7, 11) is 0. The molecule has 0 aromatic heterocycles. The Kier molecular flexibility index (Phi) is 2.94. The van der Waals surface area contributed by atoms with Gasteiger partial charge in [-0.15, -0.1) is 0 Å². The molecule has 1 nitrogen and oxygen atoms in total. The third kappa shape index (κ3) is 2.82. The highest BCUT2D eigenvalue weighted by Crippen LogP contribution is 2.29. The van der Waals surface area contributed by atoms with Crippen molar-refractivity contribution < 1.29 is 0 Å². The maximum absolute atomic E-state index is 6.08. The molecule has 0 atom stereocenters. The lowest BCUT2D eigenvalue weighted by Gasteiger charge is -2.29. The van der Waals surface area contributed by atoms with Crippen LogP contribution >= 0.6 is 0 Å². The maximum Gasteiger partial charge on any atom is 0.0125 e. The second-order valence-corrected chi connectivity index (χ2v) is 4.51. The van der Waals surface area contributed by atoms with Crippen molar-refractivity contribution in [3.63, 3.8) is 0 Å². The van der Waals surface area contributed by atoms with Gasteiger partial charge in [0.2, 0.25) is 0 Å². The molecule has 2 N–H and O–H groups in total. The summed E-state index contributed by atoms with van der Waals surface area (Å²) in [5, 5.41) is 0. The van der Waals surface area contributed by atoms with Gasteiger partial charge in [0.05, 0.1) is 0 Å². The Morgan fingerprint density at radius 2 is 1.45 bits per heavy atom. The molecule has 1 saturated carbocycles. The first kappa shape index (κ1) is 9.05. The van der Waals surface area contributed by atoms with Crippen molar-refractivity contribution in [3.05, 3.63) is 0 Å². The van der Waals surface area contributed by atoms with Crippen molar-refractivity contribution in [2.75, 3.05) is 0 Å². The van der Waals surface area contributed by atoms with Crippen molar-refractivity contribution in [2.24, 2.45) is 11.7 Å². The molecule has 0 amide bonds. The molecular formula is C10H21N. The second kappa shape index (κ2) is 3.57. The number of hydrogen-bond acceptors (Lipinski definition) is 1. The largest absolute Gasteiger partial charge is 0.325 e. The fraction of sp³-hybridized carbons (Fsp3) is 1.00. The van der Waals surface area contributed by atoms with E-state index in [1.54, 1.807) is 0 Å². The zero-order valence-electron chi connectivity index (χ0n) is 7.90. The molecule has 0 aliphatic heterocycles. The van der Waals surface area contributed by atoms with Gasteiger partial charge in [-0.3, -0.25) is 0 Å². The van der Waals surface area contributed by atoms with Crippen LogP contribution < -0.4 is 5.73 Å². The zero-order valence-corrected chi connectivity index (χ0v) is 7.90. The summed E-state index contributed by atoms with van der Waals surface area (Å²) >= 11 is 0. The molecule has 0 spiro atoms. The van der Waals surface area contributed by atoms with Gasteiger partial charge in [0.15, 0.2) is 0 Å². The average Bonchev–Trinajstić information content (AvgIpc) is 2.10. The molecule has 1 heteroatoms. The van der Waals surface area contributed by atoms with Crippen LogP contribution in [0.5, 0.6) is 0 Å². The van der Waals surface area contributed by atoms with Crippen LogP contribution in [0.3, 0.4) is 0 Å². The lowest BCUT2D eigenvalue weighted by atomic mass is 9.83. The van der Waals surface area contributed by atoms with E-state index < -0.39 is 0 Å². The highest BCUT2D eigenvalue weighted by Gasteiger charge is 2.25. The topological polar surface area (TPSA) is 26.0 Å². The first-order valence-corrected chi connectivity index (χ1v) is 4.89. The van der Waals surface area contributed by atoms with Crippen molar-refractivity contribution >= 4 is 0 Å². The van der Waals surface area contributed by atoms with Crippen LogP contribution in [0.1, 0.15) is 52.4 Å². The van der Waals surface area contributed by atoms with Gasteiger partial charge >= 0.3 is 0 Å². The van der Waals surface area contributed by atoms with Crippen LogP contribution in [0.15, 0.2) is 0 Å². The Bertz CT molecular complexity index is 105. The maximum atomic E-state index is 6.08. The fourth-order valence-corrected chi connectivity index (χ4v) is 2.02. The number of hydrogen-bond donors (Lipinski definition) is 1. The van der Waals surface area contributed by atoms with Crippen LogP contribution in [0.25, 0.3) is 0 Å². The van der Waals surface area contributed by atoms with Gasteiger partial charge < -0.3 is 5.73 Å². The number of nitrogens with two attached hydrogens (primary N) is 1. The summed E-state index contributed by atoms with van der Waals surface area (Å²) < 4.78 is 0. The van der Waals surface area contributed by atoms with Gasteiger partial charge in [0.1, 0.15) is 0 Å². The normalized spacial score (nSPS) is 23.2. The minimum absolute atomic E-state index is 0.0599.